The molecule has 0 fully saturated rings. The average molecular weight is 319 g/mol. The highest BCUT2D eigenvalue weighted by atomic mass is 32.1. The summed E-state index contributed by atoms with van der Waals surface area (Å²) in [5.74, 6) is -0.101. The monoisotopic (exact) mass is 319 g/mol. The van der Waals surface area contributed by atoms with Crippen LogP contribution in [-0.4, -0.2) is 5.91 Å². The molecular formula is C20H17NOS. The van der Waals surface area contributed by atoms with Crippen molar-refractivity contribution in [1.82, 2.24) is 5.32 Å². The molecule has 0 aliphatic heterocycles. The van der Waals surface area contributed by atoms with E-state index in [9.17, 15) is 4.79 Å². The van der Waals surface area contributed by atoms with E-state index in [0.717, 1.165) is 16.0 Å². The van der Waals surface area contributed by atoms with Crippen LogP contribution in [0.3, 0.4) is 0 Å². The Labute approximate surface area is 140 Å². The second-order valence-electron chi connectivity index (χ2n) is 5.11. The highest BCUT2D eigenvalue weighted by molar-refractivity contribution is 7.10. The number of rotatable bonds is 5. The Morgan fingerprint density at radius 1 is 0.870 bits per heavy atom. The molecule has 2 nitrogen and oxygen atoms in total. The molecule has 0 atom stereocenters. The summed E-state index contributed by atoms with van der Waals surface area (Å²) in [7, 11) is 0. The van der Waals surface area contributed by atoms with Crippen LogP contribution in [0, 0.1) is 0 Å². The van der Waals surface area contributed by atoms with Crippen molar-refractivity contribution in [2.24, 2.45) is 0 Å². The van der Waals surface area contributed by atoms with E-state index in [1.165, 1.54) is 0 Å². The molecule has 0 aliphatic carbocycles. The summed E-state index contributed by atoms with van der Waals surface area (Å²) in [6.07, 6.45) is 3.43. The van der Waals surface area contributed by atoms with Crippen molar-refractivity contribution in [3.63, 3.8) is 0 Å². The third-order valence-electron chi connectivity index (χ3n) is 3.49. The first-order valence-electron chi connectivity index (χ1n) is 7.45. The van der Waals surface area contributed by atoms with Gasteiger partial charge in [-0.25, -0.2) is 0 Å². The summed E-state index contributed by atoms with van der Waals surface area (Å²) in [4.78, 5) is 13.4. The zero-order valence-electron chi connectivity index (χ0n) is 12.6. The maximum Gasteiger partial charge on any atom is 0.244 e. The molecule has 1 heterocycles. The molecule has 3 rings (SSSR count). The zero-order chi connectivity index (χ0) is 15.9. The van der Waals surface area contributed by atoms with Gasteiger partial charge in [-0.15, -0.1) is 11.3 Å². The normalized spacial score (nSPS) is 11.0. The molecule has 23 heavy (non-hydrogen) atoms. The van der Waals surface area contributed by atoms with E-state index >= 15 is 0 Å². The number of hydrogen-bond donors (Lipinski definition) is 1. The molecule has 0 bridgehead atoms. The average Bonchev–Trinajstić information content (AvgIpc) is 3.13. The second-order valence-corrected chi connectivity index (χ2v) is 6.09. The van der Waals surface area contributed by atoms with E-state index in [1.54, 1.807) is 17.4 Å². The minimum atomic E-state index is -0.155. The standard InChI is InChI=1S/C20H17NOS/c22-19(14-13-18-12-7-15-23-18)21-20(16-8-3-1-4-9-16)17-10-5-2-6-11-17/h1-15,20H,(H,21,22). The number of nitrogens with one attached hydrogen (secondary N) is 1. The number of hydrogen-bond acceptors (Lipinski definition) is 2. The summed E-state index contributed by atoms with van der Waals surface area (Å²) in [5.41, 5.74) is 2.13. The summed E-state index contributed by atoms with van der Waals surface area (Å²) < 4.78 is 0. The number of carbonyl (C=O) groups is 1. The lowest BCUT2D eigenvalue weighted by atomic mass is 9.99. The van der Waals surface area contributed by atoms with Crippen molar-refractivity contribution in [3.05, 3.63) is 100 Å². The summed E-state index contributed by atoms with van der Waals surface area (Å²) in [5, 5.41) is 5.09. The molecule has 1 N–H and O–H groups in total. The minimum Gasteiger partial charge on any atom is -0.342 e. The lowest BCUT2D eigenvalue weighted by molar-refractivity contribution is -0.116. The molecule has 114 valence electrons. The van der Waals surface area contributed by atoms with E-state index in [0.29, 0.717) is 0 Å². The van der Waals surface area contributed by atoms with Gasteiger partial charge in [0, 0.05) is 11.0 Å². The van der Waals surface area contributed by atoms with Gasteiger partial charge in [0.1, 0.15) is 0 Å². The third-order valence-corrected chi connectivity index (χ3v) is 4.33. The van der Waals surface area contributed by atoms with Gasteiger partial charge >= 0.3 is 0 Å². The Morgan fingerprint density at radius 2 is 1.48 bits per heavy atom. The van der Waals surface area contributed by atoms with Crippen molar-refractivity contribution in [3.8, 4) is 0 Å². The Bertz CT molecular complexity index is 724. The van der Waals surface area contributed by atoms with Crippen molar-refractivity contribution in [2.45, 2.75) is 6.04 Å². The van der Waals surface area contributed by atoms with Gasteiger partial charge in [0.2, 0.25) is 5.91 Å². The van der Waals surface area contributed by atoms with Crippen molar-refractivity contribution in [1.29, 1.82) is 0 Å². The predicted octanol–water partition coefficient (Wildman–Crippen LogP) is 4.67. The number of thiophene rings is 1. The maximum absolute atomic E-state index is 12.3. The smallest absolute Gasteiger partial charge is 0.244 e. The molecule has 3 heteroatoms. The highest BCUT2D eigenvalue weighted by Gasteiger charge is 2.15. The molecule has 1 aromatic heterocycles. The molecule has 2 aromatic carbocycles. The largest absolute Gasteiger partial charge is 0.342 e. The van der Waals surface area contributed by atoms with Gasteiger partial charge in [0.05, 0.1) is 6.04 Å². The Morgan fingerprint density at radius 3 is 2.00 bits per heavy atom. The fourth-order valence-electron chi connectivity index (χ4n) is 2.38. The first kappa shape index (κ1) is 15.3. The first-order chi connectivity index (χ1) is 11.3. The first-order valence-corrected chi connectivity index (χ1v) is 8.33. The van der Waals surface area contributed by atoms with Crippen LogP contribution in [0.5, 0.6) is 0 Å². The molecule has 3 aromatic rings. The molecule has 1 amide bonds. The summed E-state index contributed by atoms with van der Waals surface area (Å²) in [6.45, 7) is 0. The number of amides is 1. The quantitative estimate of drug-likeness (QED) is 0.680. The number of carbonyl (C=O) groups excluding carboxylic acids is 1. The SMILES string of the molecule is O=C(C=Cc1cccs1)NC(c1ccccc1)c1ccccc1. The Kier molecular flexibility index (Phi) is 5.02. The van der Waals surface area contributed by atoms with Crippen molar-refractivity contribution < 1.29 is 4.79 Å². The topological polar surface area (TPSA) is 29.1 Å². The van der Waals surface area contributed by atoms with Gasteiger partial charge in [0.25, 0.3) is 0 Å². The molecule has 0 aliphatic rings. The molecule has 0 radical (unpaired) electrons. The molecule has 0 saturated carbocycles. The van der Waals surface area contributed by atoms with Gasteiger partial charge in [0.15, 0.2) is 0 Å². The van der Waals surface area contributed by atoms with E-state index in [4.69, 9.17) is 0 Å². The van der Waals surface area contributed by atoms with E-state index in [2.05, 4.69) is 5.32 Å². The van der Waals surface area contributed by atoms with Crippen LogP contribution in [0.4, 0.5) is 0 Å². The zero-order valence-corrected chi connectivity index (χ0v) is 13.4. The van der Waals surface area contributed by atoms with Gasteiger partial charge in [-0.3, -0.25) is 4.79 Å². The lowest BCUT2D eigenvalue weighted by Gasteiger charge is -2.19. The van der Waals surface area contributed by atoms with Crippen molar-refractivity contribution >= 4 is 23.3 Å². The lowest BCUT2D eigenvalue weighted by Crippen LogP contribution is -2.27. The van der Waals surface area contributed by atoms with Gasteiger partial charge < -0.3 is 5.32 Å². The van der Waals surface area contributed by atoms with E-state index in [1.807, 2.05) is 84.3 Å². The van der Waals surface area contributed by atoms with E-state index in [-0.39, 0.29) is 11.9 Å². The Hall–Kier alpha value is -2.65. The predicted molar refractivity (Wildman–Crippen MR) is 96.2 cm³/mol. The maximum atomic E-state index is 12.3. The third kappa shape index (κ3) is 4.18. The van der Waals surface area contributed by atoms with Gasteiger partial charge in [-0.2, -0.15) is 0 Å². The van der Waals surface area contributed by atoms with Crippen LogP contribution in [-0.2, 0) is 4.79 Å². The highest BCUT2D eigenvalue weighted by Crippen LogP contribution is 2.21. The molecular weight excluding hydrogens is 302 g/mol. The molecule has 0 unspecified atom stereocenters. The Balaban J connectivity index is 1.80. The fourth-order valence-corrected chi connectivity index (χ4v) is 3.00. The summed E-state index contributed by atoms with van der Waals surface area (Å²) >= 11 is 1.61. The van der Waals surface area contributed by atoms with Crippen molar-refractivity contribution in [2.75, 3.05) is 0 Å². The second kappa shape index (κ2) is 7.56. The van der Waals surface area contributed by atoms with Crippen LogP contribution < -0.4 is 5.32 Å². The molecule has 0 spiro atoms. The summed E-state index contributed by atoms with van der Waals surface area (Å²) in [6, 6.07) is 23.8. The fraction of sp³-hybridized carbons (Fsp3) is 0.0500. The van der Waals surface area contributed by atoms with Crippen LogP contribution in [0.15, 0.2) is 84.3 Å². The van der Waals surface area contributed by atoms with Crippen LogP contribution in [0.25, 0.3) is 6.08 Å². The van der Waals surface area contributed by atoms with Crippen LogP contribution >= 0.6 is 11.3 Å². The van der Waals surface area contributed by atoms with Gasteiger partial charge in [-0.1, -0.05) is 66.7 Å². The van der Waals surface area contributed by atoms with Crippen LogP contribution in [0.2, 0.25) is 0 Å². The molecule has 0 saturated heterocycles. The van der Waals surface area contributed by atoms with Gasteiger partial charge in [-0.05, 0) is 28.6 Å². The minimum absolute atomic E-state index is 0.101. The van der Waals surface area contributed by atoms with Crippen LogP contribution in [0.1, 0.15) is 22.0 Å². The van der Waals surface area contributed by atoms with E-state index < -0.39 is 0 Å². The number of benzene rings is 2.